The van der Waals surface area contributed by atoms with Gasteiger partial charge < -0.3 is 10.8 Å². The fraction of sp³-hybridized carbons (Fsp3) is 0.667. The van der Waals surface area contributed by atoms with Crippen molar-refractivity contribution in [2.75, 3.05) is 5.73 Å². The molecule has 112 valence electrons. The Kier molecular flexibility index (Phi) is 2.52. The van der Waals surface area contributed by atoms with Crippen molar-refractivity contribution in [3.63, 3.8) is 0 Å². The molecule has 4 bridgehead atoms. The molecule has 4 aliphatic carbocycles. The van der Waals surface area contributed by atoms with Crippen molar-refractivity contribution in [1.29, 1.82) is 0 Å². The monoisotopic (exact) mass is 284 g/mol. The van der Waals surface area contributed by atoms with E-state index >= 15 is 0 Å². The van der Waals surface area contributed by atoms with Crippen LogP contribution in [0, 0.1) is 23.7 Å². The third-order valence-electron chi connectivity index (χ3n) is 6.74. The molecule has 0 radical (unpaired) electrons. The van der Waals surface area contributed by atoms with Crippen molar-refractivity contribution < 1.29 is 5.11 Å². The normalized spacial score (nSPS) is 44.2. The molecule has 21 heavy (non-hydrogen) atoms. The molecule has 6 rings (SSSR count). The van der Waals surface area contributed by atoms with Crippen LogP contribution in [-0.4, -0.2) is 16.0 Å². The molecule has 5 aliphatic rings. The molecule has 1 unspecified atom stereocenters. The molecule has 1 atom stereocenters. The van der Waals surface area contributed by atoms with E-state index in [1.165, 1.54) is 37.7 Å². The van der Waals surface area contributed by atoms with Crippen LogP contribution in [0.1, 0.15) is 49.5 Å². The highest BCUT2D eigenvalue weighted by molar-refractivity contribution is 5.53. The van der Waals surface area contributed by atoms with Crippen LogP contribution < -0.4 is 5.73 Å². The third-order valence-corrected chi connectivity index (χ3v) is 6.74. The number of anilines is 1. The van der Waals surface area contributed by atoms with Gasteiger partial charge in [-0.05, 0) is 67.4 Å². The molecule has 0 saturated heterocycles. The van der Waals surface area contributed by atoms with Crippen molar-refractivity contribution in [2.24, 2.45) is 23.7 Å². The van der Waals surface area contributed by atoms with Gasteiger partial charge in [-0.3, -0.25) is 4.90 Å². The van der Waals surface area contributed by atoms with E-state index in [1.54, 1.807) is 0 Å². The van der Waals surface area contributed by atoms with Crippen LogP contribution in [0.2, 0.25) is 0 Å². The summed E-state index contributed by atoms with van der Waals surface area (Å²) in [4.78, 5) is 2.37. The lowest BCUT2D eigenvalue weighted by Gasteiger charge is -2.57. The lowest BCUT2D eigenvalue weighted by atomic mass is 9.54. The summed E-state index contributed by atoms with van der Waals surface area (Å²) in [6.07, 6.45) is 6.62. The van der Waals surface area contributed by atoms with Gasteiger partial charge in [0.25, 0.3) is 0 Å². The van der Waals surface area contributed by atoms with E-state index in [2.05, 4.69) is 4.90 Å². The predicted octanol–water partition coefficient (Wildman–Crippen LogP) is 2.90. The van der Waals surface area contributed by atoms with Crippen LogP contribution in [0.3, 0.4) is 0 Å². The number of aliphatic hydroxyl groups is 1. The van der Waals surface area contributed by atoms with E-state index in [0.717, 1.165) is 41.5 Å². The second kappa shape index (κ2) is 4.23. The molecule has 1 aliphatic heterocycles. The number of nitrogens with two attached hydrogens (primary N) is 1. The van der Waals surface area contributed by atoms with Gasteiger partial charge in [0, 0.05) is 23.8 Å². The topological polar surface area (TPSA) is 49.5 Å². The lowest BCUT2D eigenvalue weighted by molar-refractivity contribution is -0.119. The molecular formula is C18H24N2O. The Balaban J connectivity index is 1.48. The van der Waals surface area contributed by atoms with Gasteiger partial charge in [0.15, 0.2) is 0 Å². The summed E-state index contributed by atoms with van der Waals surface area (Å²) in [5.41, 5.74) is 9.19. The zero-order chi connectivity index (χ0) is 14.1. The fourth-order valence-corrected chi connectivity index (χ4v) is 6.20. The Morgan fingerprint density at radius 1 is 1.00 bits per heavy atom. The van der Waals surface area contributed by atoms with Crippen molar-refractivity contribution in [1.82, 2.24) is 4.90 Å². The van der Waals surface area contributed by atoms with Gasteiger partial charge in [-0.1, -0.05) is 12.1 Å². The molecule has 4 saturated carbocycles. The Bertz CT molecular complexity index is 557. The van der Waals surface area contributed by atoms with Gasteiger partial charge >= 0.3 is 0 Å². The van der Waals surface area contributed by atoms with Crippen molar-refractivity contribution >= 4 is 5.69 Å². The van der Waals surface area contributed by atoms with Crippen LogP contribution in [0.15, 0.2) is 18.2 Å². The van der Waals surface area contributed by atoms with E-state index in [-0.39, 0.29) is 0 Å². The Labute approximate surface area is 126 Å². The minimum atomic E-state index is -0.439. The van der Waals surface area contributed by atoms with E-state index in [1.807, 2.05) is 18.2 Å². The summed E-state index contributed by atoms with van der Waals surface area (Å²) in [5.74, 6) is 3.59. The Hall–Kier alpha value is -1.06. The standard InChI is InChI=1S/C18H24N2O/c19-16-3-1-2-14-15(16)9-20(18(14)21)17-12-5-10-4-11(7-12)8-13(17)6-10/h1-3,10-13,17-18,21H,4-9,19H2. The van der Waals surface area contributed by atoms with Crippen LogP contribution in [0.4, 0.5) is 5.69 Å². The third kappa shape index (κ3) is 1.68. The summed E-state index contributed by atoms with van der Waals surface area (Å²) >= 11 is 0. The Morgan fingerprint density at radius 3 is 2.29 bits per heavy atom. The average molecular weight is 284 g/mol. The molecule has 1 aromatic carbocycles. The smallest absolute Gasteiger partial charge is 0.134 e. The van der Waals surface area contributed by atoms with Crippen LogP contribution in [0.25, 0.3) is 0 Å². The maximum Gasteiger partial charge on any atom is 0.134 e. The summed E-state index contributed by atoms with van der Waals surface area (Å²) in [6.45, 7) is 0.843. The molecular weight excluding hydrogens is 260 g/mol. The van der Waals surface area contributed by atoms with E-state index in [0.29, 0.717) is 6.04 Å². The average Bonchev–Trinajstić information content (AvgIpc) is 2.77. The minimum Gasteiger partial charge on any atom is -0.398 e. The first-order valence-corrected chi connectivity index (χ1v) is 8.51. The molecule has 1 heterocycles. The first kappa shape index (κ1) is 12.5. The summed E-state index contributed by atoms with van der Waals surface area (Å²) < 4.78 is 0. The maximum absolute atomic E-state index is 10.8. The second-order valence-corrected chi connectivity index (χ2v) is 7.88. The molecule has 3 N–H and O–H groups in total. The number of hydrogen-bond acceptors (Lipinski definition) is 3. The number of nitrogen functional groups attached to an aromatic ring is 1. The molecule has 3 heteroatoms. The van der Waals surface area contributed by atoms with Gasteiger partial charge in [0.2, 0.25) is 0 Å². The highest BCUT2D eigenvalue weighted by Gasteiger charge is 2.52. The molecule has 3 nitrogen and oxygen atoms in total. The quantitative estimate of drug-likeness (QED) is 0.780. The Morgan fingerprint density at radius 2 is 1.67 bits per heavy atom. The van der Waals surface area contributed by atoms with Gasteiger partial charge in [0.1, 0.15) is 6.23 Å². The molecule has 4 fully saturated rings. The van der Waals surface area contributed by atoms with Crippen LogP contribution >= 0.6 is 0 Å². The molecule has 0 aromatic heterocycles. The first-order valence-electron chi connectivity index (χ1n) is 8.51. The van der Waals surface area contributed by atoms with E-state index in [9.17, 15) is 5.11 Å². The minimum absolute atomic E-state index is 0.439. The predicted molar refractivity (Wildman–Crippen MR) is 82.2 cm³/mol. The summed E-state index contributed by atoms with van der Waals surface area (Å²) in [5, 5.41) is 10.8. The number of rotatable bonds is 1. The summed E-state index contributed by atoms with van der Waals surface area (Å²) in [6, 6.07) is 6.57. The van der Waals surface area contributed by atoms with Crippen molar-refractivity contribution in [2.45, 2.75) is 50.9 Å². The van der Waals surface area contributed by atoms with E-state index in [4.69, 9.17) is 5.73 Å². The lowest BCUT2D eigenvalue weighted by Crippen LogP contribution is -2.55. The van der Waals surface area contributed by atoms with Gasteiger partial charge in [-0.2, -0.15) is 0 Å². The second-order valence-electron chi connectivity index (χ2n) is 7.88. The van der Waals surface area contributed by atoms with Gasteiger partial charge in [-0.25, -0.2) is 0 Å². The number of aliphatic hydroxyl groups excluding tert-OH is 1. The van der Waals surface area contributed by atoms with Crippen molar-refractivity contribution in [3.05, 3.63) is 29.3 Å². The molecule has 0 amide bonds. The highest BCUT2D eigenvalue weighted by atomic mass is 16.3. The number of benzene rings is 1. The molecule has 0 spiro atoms. The maximum atomic E-state index is 10.8. The number of fused-ring (bicyclic) bond motifs is 1. The van der Waals surface area contributed by atoms with Crippen LogP contribution in [0.5, 0.6) is 0 Å². The largest absolute Gasteiger partial charge is 0.398 e. The van der Waals surface area contributed by atoms with Gasteiger partial charge in [0.05, 0.1) is 0 Å². The van der Waals surface area contributed by atoms with E-state index < -0.39 is 6.23 Å². The van der Waals surface area contributed by atoms with Gasteiger partial charge in [-0.15, -0.1) is 0 Å². The first-order chi connectivity index (χ1) is 10.2. The van der Waals surface area contributed by atoms with Crippen LogP contribution in [-0.2, 0) is 6.54 Å². The zero-order valence-electron chi connectivity index (χ0n) is 12.4. The summed E-state index contributed by atoms with van der Waals surface area (Å²) in [7, 11) is 0. The highest BCUT2D eigenvalue weighted by Crippen LogP contribution is 2.57. The van der Waals surface area contributed by atoms with Crippen molar-refractivity contribution in [3.8, 4) is 0 Å². The fourth-order valence-electron chi connectivity index (χ4n) is 6.20. The SMILES string of the molecule is Nc1cccc2c1CN(C1C3CC4CC(C3)CC1C4)C2O. The number of hydrogen-bond donors (Lipinski definition) is 2. The molecule has 1 aromatic rings. The zero-order valence-corrected chi connectivity index (χ0v) is 12.4. The number of nitrogens with zero attached hydrogens (tertiary/aromatic N) is 1.